The zero-order chi connectivity index (χ0) is 18.2. The Kier molecular flexibility index (Phi) is 6.27. The van der Waals surface area contributed by atoms with Gasteiger partial charge in [0.05, 0.1) is 11.8 Å². The zero-order valence-electron chi connectivity index (χ0n) is 15.7. The highest BCUT2D eigenvalue weighted by Crippen LogP contribution is 2.60. The quantitative estimate of drug-likeness (QED) is 0.355. The molecule has 134 valence electrons. The van der Waals surface area contributed by atoms with E-state index in [4.69, 9.17) is 34.4 Å². The van der Waals surface area contributed by atoms with Crippen LogP contribution >= 0.6 is 0 Å². The molecule has 0 bridgehead atoms. The molecule has 0 aliphatic rings. The van der Waals surface area contributed by atoms with Gasteiger partial charge in [-0.25, -0.2) is 0 Å². The summed E-state index contributed by atoms with van der Waals surface area (Å²) in [5, 5.41) is 0. The molecule has 0 aliphatic heterocycles. The summed E-state index contributed by atoms with van der Waals surface area (Å²) in [5.41, 5.74) is 34.5. The van der Waals surface area contributed by atoms with E-state index in [0.717, 1.165) is 6.42 Å². The first-order valence-corrected chi connectivity index (χ1v) is 8.14. The Hall–Kier alpha value is -0.240. The molecule has 0 aromatic heterocycles. The Morgan fingerprint density at radius 3 is 1.45 bits per heavy atom. The van der Waals surface area contributed by atoms with Crippen LogP contribution in [0.4, 0.5) is 0 Å². The van der Waals surface area contributed by atoms with E-state index in [9.17, 15) is 0 Å². The smallest absolute Gasteiger partial charge is 0.0876 e. The third-order valence-electron chi connectivity index (χ3n) is 6.80. The third-order valence-corrected chi connectivity index (χ3v) is 6.80. The molecule has 0 rings (SSSR count). The summed E-state index contributed by atoms with van der Waals surface area (Å²) in [6, 6.07) is 0. The highest BCUT2D eigenvalue weighted by atomic mass is 15.1. The van der Waals surface area contributed by atoms with Gasteiger partial charge in [0.1, 0.15) is 0 Å². The Labute approximate surface area is 136 Å². The predicted molar refractivity (Wildman–Crippen MR) is 95.5 cm³/mol. The van der Waals surface area contributed by atoms with Crippen molar-refractivity contribution >= 4 is 0 Å². The highest BCUT2D eigenvalue weighted by molar-refractivity contribution is 5.16. The maximum Gasteiger partial charge on any atom is 0.0876 e. The highest BCUT2D eigenvalue weighted by Gasteiger charge is 2.63. The molecule has 0 amide bonds. The summed E-state index contributed by atoms with van der Waals surface area (Å²) >= 11 is 0. The Morgan fingerprint density at radius 1 is 0.818 bits per heavy atom. The van der Waals surface area contributed by atoms with Crippen LogP contribution in [0.2, 0.25) is 0 Å². The minimum atomic E-state index is -1.12. The Balaban J connectivity index is 6.44. The van der Waals surface area contributed by atoms with E-state index in [1.807, 2.05) is 13.8 Å². The number of rotatable bonds is 8. The van der Waals surface area contributed by atoms with E-state index >= 15 is 0 Å². The molecular formula is C16H40N6. The van der Waals surface area contributed by atoms with E-state index in [1.54, 1.807) is 0 Å². The monoisotopic (exact) mass is 316 g/mol. The van der Waals surface area contributed by atoms with Crippen LogP contribution in [0.1, 0.15) is 61.3 Å². The standard InChI is InChI=1S/C16H40N6/c1-8-14(6,16(21,22)13(4,5)20)15(7,9-10-17)12(2,3)11(18)19/h11H,8-10,17-22H2,1-7H3/t14?,15-/m0/s1. The summed E-state index contributed by atoms with van der Waals surface area (Å²) < 4.78 is 0. The molecule has 0 aliphatic carbocycles. The third kappa shape index (κ3) is 2.92. The minimum absolute atomic E-state index is 0.391. The number of hydrogen-bond donors (Lipinski definition) is 6. The van der Waals surface area contributed by atoms with Gasteiger partial charge in [-0.3, -0.25) is 0 Å². The summed E-state index contributed by atoms with van der Waals surface area (Å²) in [6.07, 6.45) is 0.931. The zero-order valence-corrected chi connectivity index (χ0v) is 15.7. The van der Waals surface area contributed by atoms with Crippen molar-refractivity contribution in [2.45, 2.75) is 78.7 Å². The largest absolute Gasteiger partial charge is 0.330 e. The van der Waals surface area contributed by atoms with Crippen LogP contribution in [0.5, 0.6) is 0 Å². The normalized spacial score (nSPS) is 19.9. The molecule has 0 fully saturated rings. The lowest BCUT2D eigenvalue weighted by atomic mass is 9.44. The summed E-state index contributed by atoms with van der Waals surface area (Å²) in [6.45, 7) is 14.6. The van der Waals surface area contributed by atoms with Crippen molar-refractivity contribution in [3.63, 3.8) is 0 Å². The molecule has 0 aromatic rings. The number of nitrogens with two attached hydrogens (primary N) is 6. The average molecular weight is 317 g/mol. The molecule has 2 atom stereocenters. The molecule has 0 saturated heterocycles. The van der Waals surface area contributed by atoms with E-state index in [1.165, 1.54) is 0 Å². The molecule has 6 heteroatoms. The van der Waals surface area contributed by atoms with E-state index in [0.29, 0.717) is 13.0 Å². The maximum absolute atomic E-state index is 6.63. The second-order valence-electron chi connectivity index (χ2n) is 8.39. The first kappa shape index (κ1) is 21.8. The van der Waals surface area contributed by atoms with Crippen LogP contribution in [0.15, 0.2) is 0 Å². The van der Waals surface area contributed by atoms with Gasteiger partial charge >= 0.3 is 0 Å². The molecule has 1 unspecified atom stereocenters. The summed E-state index contributed by atoms with van der Waals surface area (Å²) in [4.78, 5) is 0. The fourth-order valence-electron chi connectivity index (χ4n) is 3.82. The van der Waals surface area contributed by atoms with Crippen LogP contribution in [-0.2, 0) is 0 Å². The molecule has 0 heterocycles. The second kappa shape index (κ2) is 6.34. The maximum atomic E-state index is 6.63. The summed E-state index contributed by atoms with van der Waals surface area (Å²) in [7, 11) is 0. The molecule has 0 radical (unpaired) electrons. The first-order chi connectivity index (χ1) is 9.56. The Bertz CT molecular complexity index is 369. The van der Waals surface area contributed by atoms with Crippen LogP contribution in [0.25, 0.3) is 0 Å². The molecule has 6 nitrogen and oxygen atoms in total. The van der Waals surface area contributed by atoms with Crippen LogP contribution in [0, 0.1) is 16.2 Å². The lowest BCUT2D eigenvalue weighted by Gasteiger charge is -2.64. The summed E-state index contributed by atoms with van der Waals surface area (Å²) in [5.74, 6) is 0. The topological polar surface area (TPSA) is 156 Å². The van der Waals surface area contributed by atoms with Gasteiger partial charge < -0.3 is 34.4 Å². The van der Waals surface area contributed by atoms with Gasteiger partial charge in [-0.15, -0.1) is 0 Å². The Morgan fingerprint density at radius 2 is 1.23 bits per heavy atom. The van der Waals surface area contributed by atoms with Crippen LogP contribution in [-0.4, -0.2) is 23.9 Å². The van der Waals surface area contributed by atoms with Gasteiger partial charge in [-0.1, -0.05) is 34.6 Å². The predicted octanol–water partition coefficient (Wildman–Crippen LogP) is 0.379. The van der Waals surface area contributed by atoms with E-state index < -0.39 is 33.6 Å². The lowest BCUT2D eigenvalue weighted by Crippen LogP contribution is -2.80. The van der Waals surface area contributed by atoms with Crippen molar-refractivity contribution in [1.29, 1.82) is 0 Å². The van der Waals surface area contributed by atoms with Crippen molar-refractivity contribution in [3.05, 3.63) is 0 Å². The minimum Gasteiger partial charge on any atom is -0.330 e. The van der Waals surface area contributed by atoms with Gasteiger partial charge in [0.2, 0.25) is 0 Å². The van der Waals surface area contributed by atoms with Crippen LogP contribution < -0.4 is 34.4 Å². The van der Waals surface area contributed by atoms with Gasteiger partial charge in [0.25, 0.3) is 0 Å². The van der Waals surface area contributed by atoms with Crippen molar-refractivity contribution < 1.29 is 0 Å². The van der Waals surface area contributed by atoms with Gasteiger partial charge in [0, 0.05) is 11.0 Å². The molecule has 0 aromatic carbocycles. The van der Waals surface area contributed by atoms with Crippen molar-refractivity contribution in [2.24, 2.45) is 50.6 Å². The SMILES string of the molecule is CCC(C)(C(N)(N)C(C)(C)N)[C@@](C)(CCN)C(C)(C)C(N)N. The first-order valence-electron chi connectivity index (χ1n) is 8.14. The molecular weight excluding hydrogens is 276 g/mol. The van der Waals surface area contributed by atoms with Gasteiger partial charge in [-0.2, -0.15) is 0 Å². The van der Waals surface area contributed by atoms with Crippen molar-refractivity contribution in [1.82, 2.24) is 0 Å². The van der Waals surface area contributed by atoms with Crippen molar-refractivity contribution in [2.75, 3.05) is 6.54 Å². The van der Waals surface area contributed by atoms with E-state index in [2.05, 4.69) is 34.6 Å². The number of hydrogen-bond acceptors (Lipinski definition) is 6. The fourth-order valence-corrected chi connectivity index (χ4v) is 3.82. The molecule has 22 heavy (non-hydrogen) atoms. The van der Waals surface area contributed by atoms with Crippen molar-refractivity contribution in [3.8, 4) is 0 Å². The average Bonchev–Trinajstić information content (AvgIpc) is 2.35. The van der Waals surface area contributed by atoms with Gasteiger partial charge in [0.15, 0.2) is 0 Å². The van der Waals surface area contributed by atoms with Crippen LogP contribution in [0.3, 0.4) is 0 Å². The molecule has 0 spiro atoms. The lowest BCUT2D eigenvalue weighted by molar-refractivity contribution is -0.126. The van der Waals surface area contributed by atoms with Gasteiger partial charge in [-0.05, 0) is 44.1 Å². The molecule has 12 N–H and O–H groups in total. The van der Waals surface area contributed by atoms with E-state index in [-0.39, 0.29) is 0 Å². The molecule has 0 saturated carbocycles. The second-order valence-corrected chi connectivity index (χ2v) is 8.39. The fraction of sp³-hybridized carbons (Fsp3) is 1.00.